The van der Waals surface area contributed by atoms with Gasteiger partial charge in [0, 0.05) is 26.6 Å². The van der Waals surface area contributed by atoms with Gasteiger partial charge in [-0.3, -0.25) is 4.79 Å². The monoisotopic (exact) mass is 185 g/mol. The van der Waals surface area contributed by atoms with Crippen LogP contribution in [-0.2, 0) is 4.79 Å². The first-order valence-corrected chi connectivity index (χ1v) is 4.94. The quantitative estimate of drug-likeness (QED) is 0.479. The van der Waals surface area contributed by atoms with Gasteiger partial charge in [0.25, 0.3) is 0 Å². The molecule has 0 aromatic carbocycles. The van der Waals surface area contributed by atoms with Crippen LogP contribution in [0.25, 0.3) is 0 Å². The lowest BCUT2D eigenvalue weighted by Gasteiger charge is -2.09. The van der Waals surface area contributed by atoms with E-state index in [-0.39, 0.29) is 0 Å². The summed E-state index contributed by atoms with van der Waals surface area (Å²) in [7, 11) is -2.62. The standard InChI is InChI=1S/C5H10F3NOSi/c1-9(2)5(10)3-4-11(6,7)8/h3-4H2,1-2H3. The molecule has 0 fully saturated rings. The van der Waals surface area contributed by atoms with Crippen molar-refractivity contribution in [2.75, 3.05) is 14.1 Å². The summed E-state index contributed by atoms with van der Waals surface area (Å²) in [4.78, 5) is 11.8. The summed E-state index contributed by atoms with van der Waals surface area (Å²) in [5, 5.41) is 0. The predicted molar refractivity (Wildman–Crippen MR) is 37.2 cm³/mol. The van der Waals surface area contributed by atoms with Crippen LogP contribution in [0.5, 0.6) is 0 Å². The van der Waals surface area contributed by atoms with Gasteiger partial charge in [-0.05, 0) is 0 Å². The molecule has 0 rings (SSSR count). The van der Waals surface area contributed by atoms with Gasteiger partial charge in [-0.25, -0.2) is 12.3 Å². The zero-order valence-corrected chi connectivity index (χ0v) is 7.40. The van der Waals surface area contributed by atoms with Crippen LogP contribution < -0.4 is 0 Å². The molecular weight excluding hydrogens is 175 g/mol. The number of rotatable bonds is 3. The third-order valence-electron chi connectivity index (χ3n) is 1.12. The molecule has 0 saturated heterocycles. The van der Waals surface area contributed by atoms with Crippen molar-refractivity contribution >= 4 is 15.0 Å². The van der Waals surface area contributed by atoms with Crippen LogP contribution in [-0.4, -0.2) is 34.0 Å². The maximum Gasteiger partial charge on any atom is 0.616 e. The Balaban J connectivity index is 3.64. The third kappa shape index (κ3) is 5.90. The van der Waals surface area contributed by atoms with Crippen LogP contribution in [0.4, 0.5) is 12.3 Å². The van der Waals surface area contributed by atoms with Crippen LogP contribution in [0, 0.1) is 0 Å². The van der Waals surface area contributed by atoms with E-state index < -0.39 is 27.4 Å². The maximum absolute atomic E-state index is 11.6. The zero-order valence-electron chi connectivity index (χ0n) is 6.40. The number of hydrogen-bond donors (Lipinski definition) is 0. The number of carbonyl (C=O) groups is 1. The Morgan fingerprint density at radius 1 is 1.36 bits per heavy atom. The highest BCUT2D eigenvalue weighted by molar-refractivity contribution is 6.58. The molecule has 0 aromatic heterocycles. The first kappa shape index (κ1) is 10.5. The maximum atomic E-state index is 11.6. The molecule has 0 saturated carbocycles. The van der Waals surface area contributed by atoms with Crippen LogP contribution in [0.2, 0.25) is 6.04 Å². The molecule has 0 radical (unpaired) electrons. The molecule has 66 valence electrons. The Hall–Kier alpha value is -0.523. The topological polar surface area (TPSA) is 20.3 Å². The summed E-state index contributed by atoms with van der Waals surface area (Å²) in [6.45, 7) is 0. The van der Waals surface area contributed by atoms with Crippen molar-refractivity contribution in [2.45, 2.75) is 12.5 Å². The van der Waals surface area contributed by atoms with Crippen molar-refractivity contribution in [3.05, 3.63) is 0 Å². The SMILES string of the molecule is CN(C)C(=O)CC[Si](F)(F)F. The summed E-state index contributed by atoms with van der Waals surface area (Å²) in [5.41, 5.74) is 0. The van der Waals surface area contributed by atoms with Crippen LogP contribution in [0.3, 0.4) is 0 Å². The van der Waals surface area contributed by atoms with E-state index >= 15 is 0 Å². The smallest absolute Gasteiger partial charge is 0.349 e. The van der Waals surface area contributed by atoms with Crippen LogP contribution in [0.15, 0.2) is 0 Å². The molecule has 2 nitrogen and oxygen atoms in total. The zero-order chi connectivity index (χ0) is 9.07. The molecule has 0 unspecified atom stereocenters. The summed E-state index contributed by atoms with van der Waals surface area (Å²) >= 11 is 0. The fourth-order valence-corrected chi connectivity index (χ4v) is 0.970. The lowest BCUT2D eigenvalue weighted by molar-refractivity contribution is -0.128. The second-order valence-corrected chi connectivity index (χ2v) is 4.13. The number of hydrogen-bond acceptors (Lipinski definition) is 1. The largest absolute Gasteiger partial charge is 0.616 e. The fourth-order valence-electron chi connectivity index (χ4n) is 0.472. The van der Waals surface area contributed by atoms with Crippen molar-refractivity contribution in [3.63, 3.8) is 0 Å². The first-order valence-electron chi connectivity index (χ1n) is 3.10. The molecule has 0 aromatic rings. The van der Waals surface area contributed by atoms with Gasteiger partial charge in [0.05, 0.1) is 0 Å². The van der Waals surface area contributed by atoms with Gasteiger partial charge < -0.3 is 4.90 Å². The molecule has 0 N–H and O–H groups in total. The van der Waals surface area contributed by atoms with Crippen LogP contribution in [0.1, 0.15) is 6.42 Å². The van der Waals surface area contributed by atoms with E-state index in [2.05, 4.69) is 0 Å². The van der Waals surface area contributed by atoms with Crippen molar-refractivity contribution in [1.82, 2.24) is 4.90 Å². The van der Waals surface area contributed by atoms with E-state index in [1.807, 2.05) is 0 Å². The Labute approximate surface area is 64.5 Å². The highest BCUT2D eigenvalue weighted by Crippen LogP contribution is 2.16. The van der Waals surface area contributed by atoms with Gasteiger partial charge in [0.15, 0.2) is 0 Å². The van der Waals surface area contributed by atoms with Crippen molar-refractivity contribution < 1.29 is 17.1 Å². The van der Waals surface area contributed by atoms with Gasteiger partial charge >= 0.3 is 9.08 Å². The second-order valence-electron chi connectivity index (χ2n) is 2.40. The third-order valence-corrected chi connectivity index (χ3v) is 1.94. The average molecular weight is 185 g/mol. The highest BCUT2D eigenvalue weighted by Gasteiger charge is 2.36. The molecule has 11 heavy (non-hydrogen) atoms. The van der Waals surface area contributed by atoms with Gasteiger partial charge in [-0.2, -0.15) is 0 Å². The molecule has 0 atom stereocenters. The molecule has 0 heterocycles. The van der Waals surface area contributed by atoms with E-state index in [1.165, 1.54) is 19.0 Å². The molecule has 0 spiro atoms. The lowest BCUT2D eigenvalue weighted by Crippen LogP contribution is -2.24. The minimum atomic E-state index is -5.51. The second kappa shape index (κ2) is 3.75. The van der Waals surface area contributed by atoms with E-state index in [0.717, 1.165) is 0 Å². The number of amides is 1. The molecule has 0 aliphatic carbocycles. The molecule has 0 aliphatic rings. The minimum absolute atomic E-state index is 0.400. The molecule has 6 heteroatoms. The molecular formula is C5H10F3NOSi. The first-order chi connectivity index (χ1) is 4.83. The summed E-state index contributed by atoms with van der Waals surface area (Å²) in [6.07, 6.45) is -0.400. The number of carbonyl (C=O) groups excluding carboxylic acids is 1. The van der Waals surface area contributed by atoms with Crippen molar-refractivity contribution in [3.8, 4) is 0 Å². The Morgan fingerprint density at radius 2 is 1.82 bits per heavy atom. The summed E-state index contributed by atoms with van der Waals surface area (Å²) in [5.74, 6) is -0.463. The Kier molecular flexibility index (Phi) is 3.57. The van der Waals surface area contributed by atoms with Crippen molar-refractivity contribution in [1.29, 1.82) is 0 Å². The molecule has 1 amide bonds. The average Bonchev–Trinajstić information content (AvgIpc) is 1.80. The van der Waals surface area contributed by atoms with Gasteiger partial charge in [-0.1, -0.05) is 0 Å². The summed E-state index contributed by atoms with van der Waals surface area (Å²) < 4.78 is 34.9. The molecule has 0 aliphatic heterocycles. The predicted octanol–water partition coefficient (Wildman–Crippen LogP) is 1.31. The number of nitrogens with zero attached hydrogens (tertiary/aromatic N) is 1. The van der Waals surface area contributed by atoms with E-state index in [9.17, 15) is 17.1 Å². The molecule has 0 bridgehead atoms. The minimum Gasteiger partial charge on any atom is -0.349 e. The Bertz CT molecular complexity index is 145. The highest BCUT2D eigenvalue weighted by atomic mass is 28.5. The van der Waals surface area contributed by atoms with Gasteiger partial charge in [0.2, 0.25) is 5.91 Å². The summed E-state index contributed by atoms with van der Waals surface area (Å²) in [6, 6.07) is -0.899. The Morgan fingerprint density at radius 3 is 2.09 bits per heavy atom. The normalized spacial score (nSPS) is 11.4. The van der Waals surface area contributed by atoms with Gasteiger partial charge in [-0.15, -0.1) is 0 Å². The van der Waals surface area contributed by atoms with E-state index in [4.69, 9.17) is 0 Å². The van der Waals surface area contributed by atoms with E-state index in [1.54, 1.807) is 0 Å². The fraction of sp³-hybridized carbons (Fsp3) is 0.800. The lowest BCUT2D eigenvalue weighted by atomic mass is 10.4. The van der Waals surface area contributed by atoms with Crippen LogP contribution >= 0.6 is 0 Å². The number of halogens is 3. The van der Waals surface area contributed by atoms with Gasteiger partial charge in [0.1, 0.15) is 0 Å². The van der Waals surface area contributed by atoms with Crippen molar-refractivity contribution in [2.24, 2.45) is 0 Å². The van der Waals surface area contributed by atoms with E-state index in [0.29, 0.717) is 0 Å².